The Kier molecular flexibility index (Phi) is 6.49. The van der Waals surface area contributed by atoms with Gasteiger partial charge in [0.2, 0.25) is 0 Å². The van der Waals surface area contributed by atoms with Crippen LogP contribution in [0.25, 0.3) is 0 Å². The normalized spacial score (nSPS) is 17.4. The number of piperidine rings is 1. The molecule has 0 aliphatic carbocycles. The lowest BCUT2D eigenvalue weighted by Gasteiger charge is -2.33. The first-order valence-electron chi connectivity index (χ1n) is 8.81. The van der Waals surface area contributed by atoms with Gasteiger partial charge in [0.15, 0.2) is 0 Å². The first-order chi connectivity index (χ1) is 12.5. The fourth-order valence-corrected chi connectivity index (χ4v) is 4.59. The van der Waals surface area contributed by atoms with Gasteiger partial charge in [0.05, 0.1) is 10.7 Å². The van der Waals surface area contributed by atoms with Gasteiger partial charge in [-0.2, -0.15) is 0 Å². The molecule has 1 aliphatic heterocycles. The molecule has 0 saturated carbocycles. The van der Waals surface area contributed by atoms with Gasteiger partial charge in [-0.1, -0.05) is 29.3 Å². The van der Waals surface area contributed by atoms with Crippen LogP contribution in [-0.2, 0) is 5.75 Å². The van der Waals surface area contributed by atoms with E-state index in [2.05, 4.69) is 11.9 Å². The molecule has 2 heterocycles. The molecular formula is C20H22Cl2N2OS. The van der Waals surface area contributed by atoms with Crippen molar-refractivity contribution in [2.75, 3.05) is 6.54 Å². The van der Waals surface area contributed by atoms with Crippen molar-refractivity contribution in [3.05, 3.63) is 57.3 Å². The quantitative estimate of drug-likeness (QED) is 0.581. The van der Waals surface area contributed by atoms with Gasteiger partial charge in [0.25, 0.3) is 5.91 Å². The summed E-state index contributed by atoms with van der Waals surface area (Å²) in [5, 5.41) is 1.39. The van der Waals surface area contributed by atoms with E-state index in [1.54, 1.807) is 17.8 Å². The summed E-state index contributed by atoms with van der Waals surface area (Å²) in [7, 11) is 0. The van der Waals surface area contributed by atoms with Crippen LogP contribution in [0.15, 0.2) is 35.2 Å². The van der Waals surface area contributed by atoms with Crippen molar-refractivity contribution < 1.29 is 4.79 Å². The monoisotopic (exact) mass is 408 g/mol. The Morgan fingerprint density at radius 1 is 1.27 bits per heavy atom. The summed E-state index contributed by atoms with van der Waals surface area (Å²) in [5.41, 5.74) is 2.34. The van der Waals surface area contributed by atoms with Crippen LogP contribution in [-0.4, -0.2) is 28.4 Å². The van der Waals surface area contributed by atoms with Crippen LogP contribution in [0.3, 0.4) is 0 Å². The van der Waals surface area contributed by atoms with Crippen LogP contribution < -0.4 is 0 Å². The highest BCUT2D eigenvalue weighted by atomic mass is 35.5. The molecule has 1 aliphatic rings. The van der Waals surface area contributed by atoms with Gasteiger partial charge >= 0.3 is 0 Å². The Morgan fingerprint density at radius 2 is 2.08 bits per heavy atom. The molecule has 2 aromatic rings. The van der Waals surface area contributed by atoms with E-state index in [0.29, 0.717) is 21.5 Å². The lowest BCUT2D eigenvalue weighted by atomic mass is 10.0. The van der Waals surface area contributed by atoms with E-state index in [-0.39, 0.29) is 11.9 Å². The van der Waals surface area contributed by atoms with E-state index in [9.17, 15) is 4.79 Å². The molecule has 1 fully saturated rings. The maximum absolute atomic E-state index is 12.8. The number of carbonyl (C=O) groups is 1. The van der Waals surface area contributed by atoms with Crippen LogP contribution in [0, 0.1) is 6.92 Å². The molecule has 1 unspecified atom stereocenters. The second kappa shape index (κ2) is 8.64. The molecule has 26 heavy (non-hydrogen) atoms. The predicted octanol–water partition coefficient (Wildman–Crippen LogP) is 6.00. The van der Waals surface area contributed by atoms with Crippen molar-refractivity contribution in [1.29, 1.82) is 0 Å². The number of thioether (sulfide) groups is 1. The van der Waals surface area contributed by atoms with Crippen LogP contribution in [0.4, 0.5) is 0 Å². The van der Waals surface area contributed by atoms with Gasteiger partial charge in [-0.05, 0) is 62.9 Å². The molecule has 138 valence electrons. The number of rotatable bonds is 4. The molecular weight excluding hydrogens is 387 g/mol. The molecule has 3 nitrogen and oxygen atoms in total. The van der Waals surface area contributed by atoms with Crippen molar-refractivity contribution in [2.24, 2.45) is 0 Å². The molecule has 6 heteroatoms. The molecule has 0 N–H and O–H groups in total. The Balaban J connectivity index is 1.71. The van der Waals surface area contributed by atoms with Gasteiger partial charge in [-0.15, -0.1) is 11.8 Å². The zero-order valence-corrected chi connectivity index (χ0v) is 17.3. The van der Waals surface area contributed by atoms with E-state index >= 15 is 0 Å². The minimum absolute atomic E-state index is 0.0282. The Hall–Kier alpha value is -1.23. The smallest absolute Gasteiger partial charge is 0.272 e. The van der Waals surface area contributed by atoms with Crippen LogP contribution in [0.2, 0.25) is 10.0 Å². The number of carbonyl (C=O) groups excluding carboxylic acids is 1. The summed E-state index contributed by atoms with van der Waals surface area (Å²) in [5.74, 6) is 0.663. The third-order valence-electron chi connectivity index (χ3n) is 4.68. The lowest BCUT2D eigenvalue weighted by molar-refractivity contribution is 0.0629. The number of benzene rings is 1. The minimum Gasteiger partial charge on any atom is -0.335 e. The first-order valence-corrected chi connectivity index (χ1v) is 10.5. The van der Waals surface area contributed by atoms with Gasteiger partial charge in [0.1, 0.15) is 5.69 Å². The number of amides is 1. The predicted molar refractivity (Wildman–Crippen MR) is 109 cm³/mol. The van der Waals surface area contributed by atoms with E-state index in [1.165, 1.54) is 6.42 Å². The molecule has 0 bridgehead atoms. The van der Waals surface area contributed by atoms with Crippen molar-refractivity contribution in [3.63, 3.8) is 0 Å². The molecule has 3 rings (SSSR count). The zero-order valence-electron chi connectivity index (χ0n) is 15.0. The summed E-state index contributed by atoms with van der Waals surface area (Å²) in [6.45, 7) is 4.86. The average molecular weight is 409 g/mol. The van der Waals surface area contributed by atoms with E-state index in [4.69, 9.17) is 23.2 Å². The number of likely N-dealkylation sites (tertiary alicyclic amines) is 1. The molecule has 0 radical (unpaired) electrons. The summed E-state index contributed by atoms with van der Waals surface area (Å²) < 4.78 is 0. The third kappa shape index (κ3) is 4.54. The molecule has 1 saturated heterocycles. The SMILES string of the molecule is Cc1cc(Cl)c(SCc2cccc(C(=O)N3CCCCC3C)n2)cc1Cl. The number of aryl methyl sites for hydroxylation is 1. The molecule has 1 aromatic carbocycles. The summed E-state index contributed by atoms with van der Waals surface area (Å²) in [4.78, 5) is 20.2. The van der Waals surface area contributed by atoms with Gasteiger partial charge < -0.3 is 4.90 Å². The number of halogens is 2. The fourth-order valence-electron chi connectivity index (χ4n) is 3.12. The van der Waals surface area contributed by atoms with Crippen molar-refractivity contribution >= 4 is 40.9 Å². The second-order valence-electron chi connectivity index (χ2n) is 6.68. The highest BCUT2D eigenvalue weighted by molar-refractivity contribution is 7.98. The fraction of sp³-hybridized carbons (Fsp3) is 0.400. The molecule has 0 spiro atoms. The zero-order chi connectivity index (χ0) is 18.7. The van der Waals surface area contributed by atoms with Gasteiger partial charge in [-0.25, -0.2) is 4.98 Å². The first kappa shape index (κ1) is 19.5. The number of hydrogen-bond acceptors (Lipinski definition) is 3. The Bertz CT molecular complexity index is 812. The number of pyridine rings is 1. The summed E-state index contributed by atoms with van der Waals surface area (Å²) >= 11 is 14.1. The molecule has 1 aromatic heterocycles. The average Bonchev–Trinajstić information content (AvgIpc) is 2.64. The highest BCUT2D eigenvalue weighted by Crippen LogP contribution is 2.33. The van der Waals surface area contributed by atoms with Gasteiger partial charge in [0, 0.05) is 28.3 Å². The standard InChI is InChI=1S/C20H22Cl2N2OS/c1-13-10-17(22)19(11-16(13)21)26-12-15-7-5-8-18(23-15)20(25)24-9-4-3-6-14(24)2/h5,7-8,10-11,14H,3-4,6,9,12H2,1-2H3. The maximum Gasteiger partial charge on any atom is 0.272 e. The molecule has 1 atom stereocenters. The van der Waals surface area contributed by atoms with Crippen molar-refractivity contribution in [1.82, 2.24) is 9.88 Å². The number of aromatic nitrogens is 1. The topological polar surface area (TPSA) is 33.2 Å². The van der Waals surface area contributed by atoms with E-state index in [1.807, 2.05) is 36.1 Å². The Morgan fingerprint density at radius 3 is 2.85 bits per heavy atom. The van der Waals surface area contributed by atoms with Crippen LogP contribution in [0.1, 0.15) is 47.9 Å². The van der Waals surface area contributed by atoms with Gasteiger partial charge in [-0.3, -0.25) is 4.79 Å². The minimum atomic E-state index is 0.0282. The lowest BCUT2D eigenvalue weighted by Crippen LogP contribution is -2.42. The van der Waals surface area contributed by atoms with Crippen LogP contribution in [0.5, 0.6) is 0 Å². The largest absolute Gasteiger partial charge is 0.335 e. The number of hydrogen-bond donors (Lipinski definition) is 0. The maximum atomic E-state index is 12.8. The van der Waals surface area contributed by atoms with Crippen molar-refractivity contribution in [2.45, 2.75) is 49.8 Å². The number of nitrogens with zero attached hydrogens (tertiary/aromatic N) is 2. The van der Waals surface area contributed by atoms with E-state index < -0.39 is 0 Å². The molecule has 1 amide bonds. The summed E-state index contributed by atoms with van der Waals surface area (Å²) in [6, 6.07) is 9.67. The van der Waals surface area contributed by atoms with E-state index in [0.717, 1.165) is 35.5 Å². The highest BCUT2D eigenvalue weighted by Gasteiger charge is 2.25. The third-order valence-corrected chi connectivity index (χ3v) is 6.60. The van der Waals surface area contributed by atoms with Crippen molar-refractivity contribution in [3.8, 4) is 0 Å². The Labute approximate surface area is 169 Å². The second-order valence-corrected chi connectivity index (χ2v) is 8.51. The summed E-state index contributed by atoms with van der Waals surface area (Å²) in [6.07, 6.45) is 3.32. The van der Waals surface area contributed by atoms with Crippen LogP contribution >= 0.6 is 35.0 Å².